The maximum Gasteiger partial charge on any atom is 0.251 e. The summed E-state index contributed by atoms with van der Waals surface area (Å²) in [6.45, 7) is 4.04. The quantitative estimate of drug-likeness (QED) is 0.507. The molecule has 0 saturated heterocycles. The van der Waals surface area contributed by atoms with E-state index in [1.165, 1.54) is 6.07 Å². The third-order valence-corrected chi connectivity index (χ3v) is 4.93. The van der Waals surface area contributed by atoms with Gasteiger partial charge in [0.2, 0.25) is 0 Å². The molecular formula is C24H22FN3O2. The van der Waals surface area contributed by atoms with Gasteiger partial charge in [0, 0.05) is 36.3 Å². The van der Waals surface area contributed by atoms with E-state index in [9.17, 15) is 9.18 Å². The van der Waals surface area contributed by atoms with E-state index in [4.69, 9.17) is 4.74 Å². The Hall–Kier alpha value is -3.67. The predicted octanol–water partition coefficient (Wildman–Crippen LogP) is 4.72. The largest absolute Gasteiger partial charge is 0.483 e. The van der Waals surface area contributed by atoms with Crippen molar-refractivity contribution in [1.29, 1.82) is 0 Å². The number of ether oxygens (including phenoxy) is 1. The third-order valence-electron chi connectivity index (χ3n) is 4.93. The van der Waals surface area contributed by atoms with Crippen LogP contribution in [0, 0.1) is 5.82 Å². The SMILES string of the molecule is CC(C)(Oc1ccc(CNC(=O)c2ccn3ccnc3c2)cc1)c1ccccc1F. The lowest BCUT2D eigenvalue weighted by Crippen LogP contribution is -2.26. The average molecular weight is 403 g/mol. The number of hydrogen-bond donors (Lipinski definition) is 1. The van der Waals surface area contributed by atoms with Gasteiger partial charge in [-0.05, 0) is 49.7 Å². The Balaban J connectivity index is 1.38. The minimum atomic E-state index is -0.813. The molecule has 6 heteroatoms. The van der Waals surface area contributed by atoms with Crippen molar-refractivity contribution >= 4 is 11.6 Å². The van der Waals surface area contributed by atoms with Gasteiger partial charge in [0.25, 0.3) is 5.91 Å². The highest BCUT2D eigenvalue weighted by Crippen LogP contribution is 2.29. The first kappa shape index (κ1) is 19.6. The van der Waals surface area contributed by atoms with Crippen molar-refractivity contribution in [2.45, 2.75) is 26.0 Å². The first-order valence-electron chi connectivity index (χ1n) is 9.66. The van der Waals surface area contributed by atoms with Crippen LogP contribution in [-0.4, -0.2) is 15.3 Å². The Labute approximate surface area is 174 Å². The number of imidazole rings is 1. The number of benzene rings is 2. The van der Waals surface area contributed by atoms with Gasteiger partial charge in [-0.15, -0.1) is 0 Å². The van der Waals surface area contributed by atoms with Crippen molar-refractivity contribution in [3.05, 3.63) is 102 Å². The van der Waals surface area contributed by atoms with Gasteiger partial charge in [-0.3, -0.25) is 4.79 Å². The van der Waals surface area contributed by atoms with Crippen molar-refractivity contribution in [2.75, 3.05) is 0 Å². The smallest absolute Gasteiger partial charge is 0.251 e. The molecule has 0 spiro atoms. The Morgan fingerprint density at radius 3 is 2.63 bits per heavy atom. The van der Waals surface area contributed by atoms with E-state index in [0.29, 0.717) is 23.4 Å². The topological polar surface area (TPSA) is 55.6 Å². The van der Waals surface area contributed by atoms with Crippen molar-refractivity contribution in [3.8, 4) is 5.75 Å². The summed E-state index contributed by atoms with van der Waals surface area (Å²) in [5, 5.41) is 2.91. The van der Waals surface area contributed by atoms with Gasteiger partial charge in [-0.1, -0.05) is 30.3 Å². The van der Waals surface area contributed by atoms with Crippen LogP contribution in [0.15, 0.2) is 79.3 Å². The molecule has 0 saturated carbocycles. The van der Waals surface area contributed by atoms with E-state index in [1.807, 2.05) is 48.7 Å². The number of carbonyl (C=O) groups is 1. The first-order valence-corrected chi connectivity index (χ1v) is 9.66. The molecule has 4 aromatic rings. The maximum absolute atomic E-state index is 14.1. The molecule has 1 N–H and O–H groups in total. The molecule has 5 nitrogen and oxygen atoms in total. The van der Waals surface area contributed by atoms with Gasteiger partial charge < -0.3 is 14.5 Å². The number of rotatable bonds is 6. The van der Waals surface area contributed by atoms with Crippen molar-refractivity contribution in [1.82, 2.24) is 14.7 Å². The standard InChI is InChI=1S/C24H22FN3O2/c1-24(2,20-5-3-4-6-21(20)25)30-19-9-7-17(8-10-19)16-27-23(29)18-11-13-28-14-12-26-22(28)15-18/h3-15H,16H2,1-2H3,(H,27,29). The molecule has 0 radical (unpaired) electrons. The molecule has 1 amide bonds. The lowest BCUT2D eigenvalue weighted by Gasteiger charge is -2.27. The van der Waals surface area contributed by atoms with Crippen LogP contribution in [0.3, 0.4) is 0 Å². The zero-order chi connectivity index (χ0) is 21.1. The van der Waals surface area contributed by atoms with Crippen LogP contribution < -0.4 is 10.1 Å². The van der Waals surface area contributed by atoms with Gasteiger partial charge in [-0.25, -0.2) is 9.37 Å². The van der Waals surface area contributed by atoms with Crippen LogP contribution in [0.25, 0.3) is 5.65 Å². The summed E-state index contributed by atoms with van der Waals surface area (Å²) in [5.74, 6) is 0.167. The molecule has 30 heavy (non-hydrogen) atoms. The second kappa shape index (κ2) is 7.99. The van der Waals surface area contributed by atoms with Gasteiger partial charge in [0.15, 0.2) is 0 Å². The summed E-state index contributed by atoms with van der Waals surface area (Å²) in [7, 11) is 0. The average Bonchev–Trinajstić information content (AvgIpc) is 3.21. The minimum absolute atomic E-state index is 0.165. The minimum Gasteiger partial charge on any atom is -0.483 e. The highest BCUT2D eigenvalue weighted by molar-refractivity contribution is 5.94. The zero-order valence-electron chi connectivity index (χ0n) is 16.8. The second-order valence-corrected chi connectivity index (χ2v) is 7.53. The van der Waals surface area contributed by atoms with Crippen LogP contribution in [0.1, 0.15) is 35.3 Å². The van der Waals surface area contributed by atoms with Crippen molar-refractivity contribution < 1.29 is 13.9 Å². The van der Waals surface area contributed by atoms with Gasteiger partial charge in [0.1, 0.15) is 22.8 Å². The molecule has 2 aromatic heterocycles. The third kappa shape index (κ3) is 4.17. The molecule has 2 heterocycles. The number of carbonyl (C=O) groups excluding carboxylic acids is 1. The number of aromatic nitrogens is 2. The Morgan fingerprint density at radius 2 is 1.87 bits per heavy atom. The Bertz CT molecular complexity index is 1180. The summed E-state index contributed by atoms with van der Waals surface area (Å²) >= 11 is 0. The van der Waals surface area contributed by atoms with Crippen LogP contribution >= 0.6 is 0 Å². The molecule has 0 unspecified atom stereocenters. The monoisotopic (exact) mass is 403 g/mol. The number of nitrogens with one attached hydrogen (secondary N) is 1. The number of hydrogen-bond acceptors (Lipinski definition) is 3. The molecule has 0 atom stereocenters. The number of pyridine rings is 1. The second-order valence-electron chi connectivity index (χ2n) is 7.53. The lowest BCUT2D eigenvalue weighted by molar-refractivity contribution is 0.0951. The Morgan fingerprint density at radius 1 is 1.10 bits per heavy atom. The van der Waals surface area contributed by atoms with Crippen LogP contribution in [0.4, 0.5) is 4.39 Å². The van der Waals surface area contributed by atoms with Crippen molar-refractivity contribution in [2.24, 2.45) is 0 Å². The molecular weight excluding hydrogens is 381 g/mol. The summed E-state index contributed by atoms with van der Waals surface area (Å²) < 4.78 is 22.0. The predicted molar refractivity (Wildman–Crippen MR) is 113 cm³/mol. The molecule has 152 valence electrons. The number of amides is 1. The summed E-state index contributed by atoms with van der Waals surface area (Å²) in [6, 6.07) is 17.5. The van der Waals surface area contributed by atoms with Gasteiger partial charge >= 0.3 is 0 Å². The zero-order valence-corrected chi connectivity index (χ0v) is 16.8. The summed E-state index contributed by atoms with van der Waals surface area (Å²) in [6.07, 6.45) is 5.32. The highest BCUT2D eigenvalue weighted by atomic mass is 19.1. The summed E-state index contributed by atoms with van der Waals surface area (Å²) in [5.41, 5.74) is 1.89. The van der Waals surface area contributed by atoms with E-state index in [0.717, 1.165) is 11.2 Å². The normalized spacial score (nSPS) is 11.4. The molecule has 0 aliphatic rings. The lowest BCUT2D eigenvalue weighted by atomic mass is 9.97. The maximum atomic E-state index is 14.1. The fourth-order valence-corrected chi connectivity index (χ4v) is 3.31. The molecule has 0 fully saturated rings. The first-order chi connectivity index (χ1) is 14.4. The van der Waals surface area contributed by atoms with Crippen LogP contribution in [0.5, 0.6) is 5.75 Å². The summed E-state index contributed by atoms with van der Waals surface area (Å²) in [4.78, 5) is 16.6. The van der Waals surface area contributed by atoms with Crippen LogP contribution in [0.2, 0.25) is 0 Å². The van der Waals surface area contributed by atoms with Gasteiger partial charge in [-0.2, -0.15) is 0 Å². The number of halogens is 1. The molecule has 0 aliphatic carbocycles. The van der Waals surface area contributed by atoms with E-state index in [2.05, 4.69) is 10.3 Å². The molecule has 0 aliphatic heterocycles. The fraction of sp³-hybridized carbons (Fsp3) is 0.167. The van der Waals surface area contributed by atoms with E-state index < -0.39 is 5.60 Å². The van der Waals surface area contributed by atoms with Crippen molar-refractivity contribution in [3.63, 3.8) is 0 Å². The number of nitrogens with zero attached hydrogens (tertiary/aromatic N) is 2. The molecule has 0 bridgehead atoms. The Kier molecular flexibility index (Phi) is 5.23. The van der Waals surface area contributed by atoms with Gasteiger partial charge in [0.05, 0.1) is 0 Å². The molecule has 2 aromatic carbocycles. The highest BCUT2D eigenvalue weighted by Gasteiger charge is 2.25. The molecule has 4 rings (SSSR count). The van der Waals surface area contributed by atoms with E-state index >= 15 is 0 Å². The fourth-order valence-electron chi connectivity index (χ4n) is 3.31. The number of fused-ring (bicyclic) bond motifs is 1. The van der Waals surface area contributed by atoms with E-state index in [1.54, 1.807) is 42.7 Å². The van der Waals surface area contributed by atoms with E-state index in [-0.39, 0.29) is 11.7 Å². The van der Waals surface area contributed by atoms with Crippen LogP contribution in [-0.2, 0) is 12.1 Å².